The summed E-state index contributed by atoms with van der Waals surface area (Å²) in [6, 6.07) is 0. The molecule has 10 heavy (non-hydrogen) atoms. The van der Waals surface area contributed by atoms with Gasteiger partial charge in [0, 0.05) is 39.0 Å². The van der Waals surface area contributed by atoms with Crippen LogP contribution in [-0.2, 0) is 32.7 Å². The van der Waals surface area contributed by atoms with Gasteiger partial charge in [-0.3, -0.25) is 0 Å². The molecule has 1 heterocycles. The molecule has 1 rings (SSSR count). The third kappa shape index (κ3) is 1.99. The molecule has 0 fully saturated rings. The quantitative estimate of drug-likeness (QED) is 0.634. The van der Waals surface area contributed by atoms with Gasteiger partial charge < -0.3 is 15.7 Å². The van der Waals surface area contributed by atoms with Gasteiger partial charge in [0.15, 0.2) is 0 Å². The molecule has 0 unspecified atom stereocenters. The molecule has 3 nitrogen and oxygen atoms in total. The zero-order valence-electron chi connectivity index (χ0n) is 6.05. The van der Waals surface area contributed by atoms with E-state index in [0.29, 0.717) is 5.69 Å². The number of aryl methyl sites for hydroxylation is 2. The Morgan fingerprint density at radius 2 is 1.60 bits per heavy atom. The van der Waals surface area contributed by atoms with Crippen LogP contribution in [0.2, 0.25) is 0 Å². The van der Waals surface area contributed by atoms with Crippen molar-refractivity contribution in [2.75, 3.05) is 5.73 Å². The van der Waals surface area contributed by atoms with Crippen LogP contribution < -0.4 is 5.73 Å². The van der Waals surface area contributed by atoms with Crippen molar-refractivity contribution in [1.29, 1.82) is 0 Å². The second kappa shape index (κ2) is 3.99. The minimum absolute atomic E-state index is 0. The largest absolute Gasteiger partial charge is 0.416 e. The third-order valence-corrected chi connectivity index (χ3v) is 1.21. The fourth-order valence-corrected chi connectivity index (χ4v) is 0.557. The predicted octanol–water partition coefficient (Wildman–Crippen LogP) is 0.473. The molecule has 0 spiro atoms. The first-order valence-corrected chi connectivity index (χ1v) is 2.68. The smallest absolute Gasteiger partial charge is 0.0219 e. The standard InChI is InChI=1S/C6H8N3.Y/c1-4-6(7)5(2)9-3-8-4;/h7H2,1-2H3;/q-1;. The minimum Gasteiger partial charge on any atom is -0.416 e. The van der Waals surface area contributed by atoms with Gasteiger partial charge in [-0.2, -0.15) is 0 Å². The first-order chi connectivity index (χ1) is 4.22. The van der Waals surface area contributed by atoms with Gasteiger partial charge in [-0.15, -0.1) is 0 Å². The monoisotopic (exact) mass is 211 g/mol. The third-order valence-electron chi connectivity index (χ3n) is 1.21. The van der Waals surface area contributed by atoms with Crippen LogP contribution in [0.1, 0.15) is 11.4 Å². The summed E-state index contributed by atoms with van der Waals surface area (Å²) in [6.07, 6.45) is 2.49. The van der Waals surface area contributed by atoms with Gasteiger partial charge in [0.2, 0.25) is 0 Å². The maximum Gasteiger partial charge on any atom is 0.0219 e. The first-order valence-electron chi connectivity index (χ1n) is 2.68. The molecule has 2 N–H and O–H groups in total. The van der Waals surface area contributed by atoms with Gasteiger partial charge in [0.05, 0.1) is 0 Å². The van der Waals surface area contributed by atoms with Gasteiger partial charge in [0.25, 0.3) is 0 Å². The minimum atomic E-state index is 0. The Kier molecular flexibility index (Phi) is 3.98. The molecule has 1 aromatic heterocycles. The normalized spacial score (nSPS) is 8.60. The fourth-order valence-electron chi connectivity index (χ4n) is 0.557. The van der Waals surface area contributed by atoms with Crippen LogP contribution in [0, 0.1) is 20.2 Å². The Morgan fingerprint density at radius 3 is 1.90 bits per heavy atom. The topological polar surface area (TPSA) is 51.8 Å². The van der Waals surface area contributed by atoms with Gasteiger partial charge >= 0.3 is 0 Å². The number of rotatable bonds is 0. The summed E-state index contributed by atoms with van der Waals surface area (Å²) in [4.78, 5) is 7.56. The summed E-state index contributed by atoms with van der Waals surface area (Å²) in [5.41, 5.74) is 7.79. The van der Waals surface area contributed by atoms with Crippen LogP contribution >= 0.6 is 0 Å². The number of nitrogen functional groups attached to an aromatic ring is 1. The molecular weight excluding hydrogens is 203 g/mol. The van der Waals surface area contributed by atoms with E-state index < -0.39 is 0 Å². The SMILES string of the molecule is Cc1n[c-]nc(C)c1N.[Y]. The van der Waals surface area contributed by atoms with Crippen molar-refractivity contribution in [3.8, 4) is 0 Å². The van der Waals surface area contributed by atoms with Crippen LogP contribution in [0.5, 0.6) is 0 Å². The van der Waals surface area contributed by atoms with Crippen LogP contribution in [0.4, 0.5) is 5.69 Å². The number of aromatic nitrogens is 2. The molecule has 0 amide bonds. The van der Waals surface area contributed by atoms with Crippen molar-refractivity contribution in [1.82, 2.24) is 9.97 Å². The molecule has 0 aromatic carbocycles. The van der Waals surface area contributed by atoms with Crippen LogP contribution in [-0.4, -0.2) is 9.97 Å². The number of hydrogen-bond acceptors (Lipinski definition) is 3. The molecule has 0 aliphatic heterocycles. The van der Waals surface area contributed by atoms with E-state index in [4.69, 9.17) is 5.73 Å². The van der Waals surface area contributed by atoms with Crippen molar-refractivity contribution in [2.45, 2.75) is 13.8 Å². The zero-order chi connectivity index (χ0) is 6.85. The summed E-state index contributed by atoms with van der Waals surface area (Å²) in [5, 5.41) is 0. The van der Waals surface area contributed by atoms with Crippen molar-refractivity contribution in [3.05, 3.63) is 17.7 Å². The van der Waals surface area contributed by atoms with Crippen molar-refractivity contribution < 1.29 is 32.7 Å². The fraction of sp³-hybridized carbons (Fsp3) is 0.333. The van der Waals surface area contributed by atoms with E-state index in [1.165, 1.54) is 0 Å². The van der Waals surface area contributed by atoms with Gasteiger partial charge in [0.1, 0.15) is 0 Å². The molecule has 1 aromatic rings. The van der Waals surface area contributed by atoms with E-state index in [0.717, 1.165) is 11.4 Å². The summed E-state index contributed by atoms with van der Waals surface area (Å²) in [7, 11) is 0. The van der Waals surface area contributed by atoms with E-state index >= 15 is 0 Å². The Morgan fingerprint density at radius 1 is 1.20 bits per heavy atom. The summed E-state index contributed by atoms with van der Waals surface area (Å²) in [6.45, 7) is 3.67. The number of nitrogens with zero attached hydrogens (tertiary/aromatic N) is 2. The molecule has 0 aliphatic carbocycles. The summed E-state index contributed by atoms with van der Waals surface area (Å²) >= 11 is 0. The Bertz CT molecular complexity index is 204. The number of anilines is 1. The molecule has 51 valence electrons. The van der Waals surface area contributed by atoms with E-state index in [-0.39, 0.29) is 32.7 Å². The second-order valence-electron chi connectivity index (χ2n) is 1.91. The summed E-state index contributed by atoms with van der Waals surface area (Å²) < 4.78 is 0. The van der Waals surface area contributed by atoms with Gasteiger partial charge in [-0.25, -0.2) is 0 Å². The molecule has 1 radical (unpaired) electrons. The second-order valence-corrected chi connectivity index (χ2v) is 1.91. The molecule has 0 saturated heterocycles. The molecular formula is C6H8N3Y-. The predicted molar refractivity (Wildman–Crippen MR) is 34.8 cm³/mol. The Hall–Kier alpha value is -0.0161. The zero-order valence-corrected chi connectivity index (χ0v) is 8.89. The summed E-state index contributed by atoms with van der Waals surface area (Å²) in [5.74, 6) is 0. The first kappa shape index (κ1) is 9.98. The van der Waals surface area contributed by atoms with Crippen LogP contribution in [0.25, 0.3) is 0 Å². The molecule has 0 aliphatic rings. The van der Waals surface area contributed by atoms with Crippen molar-refractivity contribution >= 4 is 5.69 Å². The average Bonchev–Trinajstić information content (AvgIpc) is 1.83. The van der Waals surface area contributed by atoms with Crippen molar-refractivity contribution in [3.63, 3.8) is 0 Å². The van der Waals surface area contributed by atoms with E-state index in [1.807, 2.05) is 13.8 Å². The van der Waals surface area contributed by atoms with Gasteiger partial charge in [-0.05, 0) is 17.1 Å². The Labute approximate surface area is 85.3 Å². The van der Waals surface area contributed by atoms with Crippen LogP contribution in [0.3, 0.4) is 0 Å². The van der Waals surface area contributed by atoms with E-state index in [1.54, 1.807) is 0 Å². The molecule has 0 saturated carbocycles. The number of nitrogens with two attached hydrogens (primary N) is 1. The maximum atomic E-state index is 5.54. The maximum absolute atomic E-state index is 5.54. The molecule has 4 heteroatoms. The van der Waals surface area contributed by atoms with E-state index in [9.17, 15) is 0 Å². The molecule has 0 atom stereocenters. The van der Waals surface area contributed by atoms with Gasteiger partial charge in [-0.1, -0.05) is 13.8 Å². The van der Waals surface area contributed by atoms with E-state index in [2.05, 4.69) is 16.3 Å². The average molecular weight is 211 g/mol. The molecule has 0 bridgehead atoms. The number of hydrogen-bond donors (Lipinski definition) is 1. The van der Waals surface area contributed by atoms with Crippen molar-refractivity contribution in [2.24, 2.45) is 0 Å². The Balaban J connectivity index is 0.000000810. The van der Waals surface area contributed by atoms with Crippen LogP contribution in [0.15, 0.2) is 0 Å².